The quantitative estimate of drug-likeness (QED) is 0.731. The van der Waals surface area contributed by atoms with Crippen molar-refractivity contribution in [1.29, 1.82) is 0 Å². The molecule has 0 atom stereocenters. The van der Waals surface area contributed by atoms with Gasteiger partial charge >= 0.3 is 0 Å². The van der Waals surface area contributed by atoms with Crippen molar-refractivity contribution in [1.82, 2.24) is 5.16 Å². The van der Waals surface area contributed by atoms with Crippen LogP contribution in [0.25, 0.3) is 0 Å². The average molecular weight is 357 g/mol. The van der Waals surface area contributed by atoms with E-state index in [1.165, 1.54) is 36.4 Å². The molecule has 2 aromatic carbocycles. The molecule has 7 nitrogen and oxygen atoms in total. The number of carbonyl (C=O) groups excluding carboxylic acids is 1. The Morgan fingerprint density at radius 1 is 1.04 bits per heavy atom. The highest BCUT2D eigenvalue weighted by Crippen LogP contribution is 2.17. The Hall–Kier alpha value is -3.13. The van der Waals surface area contributed by atoms with Crippen LogP contribution in [0, 0.1) is 6.92 Å². The first-order valence-electron chi connectivity index (χ1n) is 7.37. The van der Waals surface area contributed by atoms with Crippen LogP contribution in [0.2, 0.25) is 0 Å². The molecular weight excluding hydrogens is 342 g/mol. The van der Waals surface area contributed by atoms with E-state index in [2.05, 4.69) is 15.2 Å². The Labute approximate surface area is 144 Å². The number of anilines is 2. The maximum absolute atomic E-state index is 12.3. The van der Waals surface area contributed by atoms with Gasteiger partial charge in [-0.1, -0.05) is 23.4 Å². The molecule has 0 aliphatic carbocycles. The van der Waals surface area contributed by atoms with Gasteiger partial charge in [0, 0.05) is 17.3 Å². The van der Waals surface area contributed by atoms with E-state index in [-0.39, 0.29) is 10.8 Å². The summed E-state index contributed by atoms with van der Waals surface area (Å²) in [4.78, 5) is 12.3. The number of amides is 1. The van der Waals surface area contributed by atoms with Gasteiger partial charge in [0.25, 0.3) is 15.9 Å². The van der Waals surface area contributed by atoms with E-state index in [9.17, 15) is 13.2 Å². The van der Waals surface area contributed by atoms with Gasteiger partial charge in [0.1, 0.15) is 5.76 Å². The number of hydrogen-bond acceptors (Lipinski definition) is 5. The normalized spacial score (nSPS) is 11.1. The van der Waals surface area contributed by atoms with Gasteiger partial charge in [-0.05, 0) is 43.3 Å². The van der Waals surface area contributed by atoms with Crippen molar-refractivity contribution in [2.75, 3.05) is 10.0 Å². The number of aryl methyl sites for hydroxylation is 1. The number of sulfonamides is 1. The van der Waals surface area contributed by atoms with Crippen molar-refractivity contribution in [2.24, 2.45) is 0 Å². The molecule has 0 bridgehead atoms. The van der Waals surface area contributed by atoms with Gasteiger partial charge in [0.05, 0.1) is 4.90 Å². The van der Waals surface area contributed by atoms with Crippen LogP contribution in [0.1, 0.15) is 16.1 Å². The van der Waals surface area contributed by atoms with Gasteiger partial charge in [0.2, 0.25) is 0 Å². The molecule has 0 unspecified atom stereocenters. The third-order valence-corrected chi connectivity index (χ3v) is 4.72. The Kier molecular flexibility index (Phi) is 4.53. The van der Waals surface area contributed by atoms with Crippen molar-refractivity contribution in [3.05, 3.63) is 72.0 Å². The van der Waals surface area contributed by atoms with Crippen molar-refractivity contribution in [2.45, 2.75) is 11.8 Å². The predicted molar refractivity (Wildman–Crippen MR) is 92.9 cm³/mol. The number of hydrogen-bond donors (Lipinski definition) is 2. The molecule has 1 heterocycles. The smallest absolute Gasteiger partial charge is 0.261 e. The predicted octanol–water partition coefficient (Wildman–Crippen LogP) is 3.04. The molecule has 0 fully saturated rings. The van der Waals surface area contributed by atoms with Crippen LogP contribution in [0.15, 0.2) is 70.1 Å². The minimum absolute atomic E-state index is 0.165. The summed E-state index contributed by atoms with van der Waals surface area (Å²) in [5.74, 6) is 0.531. The maximum atomic E-state index is 12.3. The van der Waals surface area contributed by atoms with E-state index in [4.69, 9.17) is 4.52 Å². The van der Waals surface area contributed by atoms with Gasteiger partial charge in [0.15, 0.2) is 5.82 Å². The Bertz CT molecular complexity index is 980. The minimum Gasteiger partial charge on any atom is -0.360 e. The van der Waals surface area contributed by atoms with Crippen LogP contribution < -0.4 is 10.0 Å². The third kappa shape index (κ3) is 4.04. The van der Waals surface area contributed by atoms with Gasteiger partial charge in [-0.25, -0.2) is 8.42 Å². The summed E-state index contributed by atoms with van der Waals surface area (Å²) in [5.41, 5.74) is 0.723. The molecule has 0 spiro atoms. The van der Waals surface area contributed by atoms with Gasteiger partial charge < -0.3 is 9.84 Å². The van der Waals surface area contributed by atoms with E-state index in [0.717, 1.165) is 0 Å². The van der Waals surface area contributed by atoms with Crippen molar-refractivity contribution in [3.63, 3.8) is 0 Å². The van der Waals surface area contributed by atoms with E-state index in [0.29, 0.717) is 22.8 Å². The highest BCUT2D eigenvalue weighted by molar-refractivity contribution is 7.92. The number of rotatable bonds is 5. The van der Waals surface area contributed by atoms with Crippen molar-refractivity contribution < 1.29 is 17.7 Å². The SMILES string of the molecule is Cc1cc(NC(=O)c2ccc(NS(=O)(=O)c3ccccc3)cc2)no1. The third-order valence-electron chi connectivity index (χ3n) is 3.32. The summed E-state index contributed by atoms with van der Waals surface area (Å²) in [6.07, 6.45) is 0. The zero-order valence-electron chi connectivity index (χ0n) is 13.3. The maximum Gasteiger partial charge on any atom is 0.261 e. The summed E-state index contributed by atoms with van der Waals surface area (Å²) < 4.78 is 31.9. The number of carbonyl (C=O) groups is 1. The lowest BCUT2D eigenvalue weighted by atomic mass is 10.2. The van der Waals surface area contributed by atoms with Crippen LogP contribution in [0.5, 0.6) is 0 Å². The molecule has 2 N–H and O–H groups in total. The van der Waals surface area contributed by atoms with Crippen LogP contribution in [-0.2, 0) is 10.0 Å². The van der Waals surface area contributed by atoms with Crippen LogP contribution in [0.3, 0.4) is 0 Å². The largest absolute Gasteiger partial charge is 0.360 e. The van der Waals surface area contributed by atoms with Crippen LogP contribution in [-0.4, -0.2) is 19.5 Å². The molecule has 0 radical (unpaired) electrons. The Morgan fingerprint density at radius 3 is 2.32 bits per heavy atom. The number of aromatic nitrogens is 1. The van der Waals surface area contributed by atoms with Gasteiger partial charge in [-0.2, -0.15) is 0 Å². The average Bonchev–Trinajstić information content (AvgIpc) is 3.01. The second-order valence-corrected chi connectivity index (χ2v) is 6.96. The fourth-order valence-corrected chi connectivity index (χ4v) is 3.20. The molecule has 1 aromatic heterocycles. The van der Waals surface area contributed by atoms with E-state index >= 15 is 0 Å². The lowest BCUT2D eigenvalue weighted by molar-refractivity contribution is 0.102. The summed E-state index contributed by atoms with van der Waals surface area (Å²) in [6.45, 7) is 1.72. The van der Waals surface area contributed by atoms with Crippen molar-refractivity contribution >= 4 is 27.4 Å². The molecule has 3 rings (SSSR count). The van der Waals surface area contributed by atoms with Crippen LogP contribution in [0.4, 0.5) is 11.5 Å². The van der Waals surface area contributed by atoms with Gasteiger partial charge in [-0.15, -0.1) is 0 Å². The second-order valence-electron chi connectivity index (χ2n) is 5.27. The molecule has 0 saturated carbocycles. The zero-order valence-corrected chi connectivity index (χ0v) is 14.1. The highest BCUT2D eigenvalue weighted by atomic mass is 32.2. The molecule has 8 heteroatoms. The van der Waals surface area contributed by atoms with E-state index in [1.54, 1.807) is 31.2 Å². The number of benzene rings is 2. The van der Waals surface area contributed by atoms with Crippen LogP contribution >= 0.6 is 0 Å². The summed E-state index contributed by atoms with van der Waals surface area (Å²) in [6, 6.07) is 15.7. The number of nitrogens with one attached hydrogen (secondary N) is 2. The molecule has 3 aromatic rings. The molecule has 0 aliphatic heterocycles. The molecule has 25 heavy (non-hydrogen) atoms. The monoisotopic (exact) mass is 357 g/mol. The lowest BCUT2D eigenvalue weighted by Crippen LogP contribution is -2.14. The minimum atomic E-state index is -3.67. The second kappa shape index (κ2) is 6.78. The van der Waals surface area contributed by atoms with E-state index in [1.807, 2.05) is 0 Å². The zero-order chi connectivity index (χ0) is 17.9. The molecule has 1 amide bonds. The van der Waals surface area contributed by atoms with Crippen molar-refractivity contribution in [3.8, 4) is 0 Å². The van der Waals surface area contributed by atoms with E-state index < -0.39 is 10.0 Å². The standard InChI is InChI=1S/C17H15N3O4S/c1-12-11-16(19-24-12)18-17(21)13-7-9-14(10-8-13)20-25(22,23)15-5-3-2-4-6-15/h2-11,20H,1H3,(H,18,19,21). The first-order valence-corrected chi connectivity index (χ1v) is 8.85. The fourth-order valence-electron chi connectivity index (χ4n) is 2.12. The highest BCUT2D eigenvalue weighted by Gasteiger charge is 2.14. The molecular formula is C17H15N3O4S. The molecule has 128 valence electrons. The summed E-state index contributed by atoms with van der Waals surface area (Å²) in [5, 5.41) is 6.27. The lowest BCUT2D eigenvalue weighted by Gasteiger charge is -2.08. The van der Waals surface area contributed by atoms with Gasteiger partial charge in [-0.3, -0.25) is 9.52 Å². The first-order chi connectivity index (χ1) is 11.9. The molecule has 0 saturated heterocycles. The number of nitrogens with zero attached hydrogens (tertiary/aromatic N) is 1. The fraction of sp³-hybridized carbons (Fsp3) is 0.0588. The Morgan fingerprint density at radius 2 is 1.72 bits per heavy atom. The first kappa shape index (κ1) is 16.7. The summed E-state index contributed by atoms with van der Waals surface area (Å²) in [7, 11) is -3.67. The topological polar surface area (TPSA) is 101 Å². The molecule has 0 aliphatic rings. The Balaban J connectivity index is 1.71. The summed E-state index contributed by atoms with van der Waals surface area (Å²) >= 11 is 0.